The quantitative estimate of drug-likeness (QED) is 0.764. The van der Waals surface area contributed by atoms with Crippen LogP contribution in [0, 0.1) is 13.8 Å². The van der Waals surface area contributed by atoms with Gasteiger partial charge in [-0.3, -0.25) is 4.79 Å². The zero-order chi connectivity index (χ0) is 16.8. The van der Waals surface area contributed by atoms with Crippen molar-refractivity contribution in [2.24, 2.45) is 0 Å². The van der Waals surface area contributed by atoms with E-state index >= 15 is 0 Å². The van der Waals surface area contributed by atoms with Gasteiger partial charge in [0.2, 0.25) is 0 Å². The lowest BCUT2D eigenvalue weighted by molar-refractivity contribution is 0.326. The lowest BCUT2D eigenvalue weighted by atomic mass is 10.2. The van der Waals surface area contributed by atoms with Crippen molar-refractivity contribution < 1.29 is 9.47 Å². The Morgan fingerprint density at radius 3 is 2.43 bits per heavy atom. The van der Waals surface area contributed by atoms with E-state index in [9.17, 15) is 4.79 Å². The standard InChI is InChI=1S/C19H21NO3/c1-5-10-23-19-13-16(6-7-18(19)22-4)8-9-20-14(2)11-17(21)12-15(20)3/h5-9,11-13H,1,10H2,2-4H3. The first kappa shape index (κ1) is 16.6. The Bertz CT molecular complexity index is 761. The maximum atomic E-state index is 11.5. The molecule has 0 N–H and O–H groups in total. The van der Waals surface area contributed by atoms with Crippen molar-refractivity contribution in [3.8, 4) is 11.5 Å². The minimum atomic E-state index is 0.0224. The smallest absolute Gasteiger partial charge is 0.182 e. The number of pyridine rings is 1. The van der Waals surface area contributed by atoms with Crippen LogP contribution in [0.5, 0.6) is 11.5 Å². The summed E-state index contributed by atoms with van der Waals surface area (Å²) in [5.74, 6) is 1.35. The maximum Gasteiger partial charge on any atom is 0.182 e. The van der Waals surface area contributed by atoms with Crippen LogP contribution in [0.4, 0.5) is 0 Å². The van der Waals surface area contributed by atoms with Crippen LogP contribution >= 0.6 is 0 Å². The number of hydrogen-bond donors (Lipinski definition) is 0. The molecule has 0 atom stereocenters. The number of aryl methyl sites for hydroxylation is 2. The first-order valence-corrected chi connectivity index (χ1v) is 7.35. The molecule has 0 spiro atoms. The van der Waals surface area contributed by atoms with Crippen molar-refractivity contribution in [1.29, 1.82) is 0 Å². The second kappa shape index (κ2) is 7.49. The second-order valence-corrected chi connectivity index (χ2v) is 5.17. The van der Waals surface area contributed by atoms with Gasteiger partial charge in [0.1, 0.15) is 6.61 Å². The number of benzene rings is 1. The second-order valence-electron chi connectivity index (χ2n) is 5.17. The van der Waals surface area contributed by atoms with E-state index in [0.29, 0.717) is 18.1 Å². The SMILES string of the molecule is C=CCOc1cc(C=Cn2c(C)cc(=O)cc2C)ccc1OC. The van der Waals surface area contributed by atoms with E-state index in [4.69, 9.17) is 9.47 Å². The van der Waals surface area contributed by atoms with Gasteiger partial charge >= 0.3 is 0 Å². The minimum Gasteiger partial charge on any atom is -0.493 e. The van der Waals surface area contributed by atoms with E-state index < -0.39 is 0 Å². The molecule has 1 aromatic carbocycles. The molecule has 0 saturated heterocycles. The van der Waals surface area contributed by atoms with E-state index in [0.717, 1.165) is 17.0 Å². The fraction of sp³-hybridized carbons (Fsp3) is 0.211. The highest BCUT2D eigenvalue weighted by atomic mass is 16.5. The van der Waals surface area contributed by atoms with E-state index in [1.54, 1.807) is 25.3 Å². The lowest BCUT2D eigenvalue weighted by Gasteiger charge is -2.11. The first-order chi connectivity index (χ1) is 11.0. The van der Waals surface area contributed by atoms with E-state index in [2.05, 4.69) is 6.58 Å². The summed E-state index contributed by atoms with van der Waals surface area (Å²) in [4.78, 5) is 11.5. The topological polar surface area (TPSA) is 40.5 Å². The largest absolute Gasteiger partial charge is 0.493 e. The minimum absolute atomic E-state index is 0.0224. The molecule has 2 aromatic rings. The zero-order valence-electron chi connectivity index (χ0n) is 13.7. The molecule has 120 valence electrons. The van der Waals surface area contributed by atoms with Gasteiger partial charge in [-0.2, -0.15) is 0 Å². The molecule has 0 unspecified atom stereocenters. The molecular weight excluding hydrogens is 290 g/mol. The van der Waals surface area contributed by atoms with Gasteiger partial charge in [-0.25, -0.2) is 0 Å². The molecule has 1 heterocycles. The molecule has 4 heteroatoms. The molecule has 0 radical (unpaired) electrons. The molecule has 2 rings (SSSR count). The predicted octanol–water partition coefficient (Wildman–Crippen LogP) is 3.67. The molecular formula is C19H21NO3. The number of aromatic nitrogens is 1. The fourth-order valence-electron chi connectivity index (χ4n) is 2.32. The number of methoxy groups -OCH3 is 1. The average molecular weight is 311 g/mol. The highest BCUT2D eigenvalue weighted by molar-refractivity contribution is 5.64. The highest BCUT2D eigenvalue weighted by Crippen LogP contribution is 2.28. The summed E-state index contributed by atoms with van der Waals surface area (Å²) in [6.45, 7) is 7.88. The number of rotatable bonds is 6. The van der Waals surface area contributed by atoms with E-state index in [1.165, 1.54) is 0 Å². The molecule has 0 aliphatic heterocycles. The van der Waals surface area contributed by atoms with Crippen LogP contribution < -0.4 is 14.9 Å². The normalized spacial score (nSPS) is 10.7. The van der Waals surface area contributed by atoms with Gasteiger partial charge in [-0.05, 0) is 37.6 Å². The molecule has 0 aliphatic carbocycles. The summed E-state index contributed by atoms with van der Waals surface area (Å²) in [5, 5.41) is 0. The first-order valence-electron chi connectivity index (χ1n) is 7.35. The molecule has 1 aromatic heterocycles. The number of hydrogen-bond acceptors (Lipinski definition) is 3. The Morgan fingerprint density at radius 1 is 1.13 bits per heavy atom. The molecule has 0 saturated carbocycles. The summed E-state index contributed by atoms with van der Waals surface area (Å²) >= 11 is 0. The summed E-state index contributed by atoms with van der Waals surface area (Å²) in [5.41, 5.74) is 2.78. The highest BCUT2D eigenvalue weighted by Gasteiger charge is 2.04. The van der Waals surface area contributed by atoms with Crippen LogP contribution in [-0.4, -0.2) is 18.3 Å². The Balaban J connectivity index is 2.33. The molecule has 4 nitrogen and oxygen atoms in total. The van der Waals surface area contributed by atoms with E-state index in [1.807, 2.05) is 48.9 Å². The summed E-state index contributed by atoms with van der Waals surface area (Å²) in [6, 6.07) is 8.95. The number of ether oxygens (including phenoxy) is 2. The summed E-state index contributed by atoms with van der Waals surface area (Å²) < 4.78 is 12.9. The van der Waals surface area contributed by atoms with Gasteiger partial charge in [0.05, 0.1) is 7.11 Å². The van der Waals surface area contributed by atoms with Crippen LogP contribution in [0.1, 0.15) is 17.0 Å². The zero-order valence-corrected chi connectivity index (χ0v) is 13.7. The molecule has 0 bridgehead atoms. The van der Waals surface area contributed by atoms with Crippen molar-refractivity contribution in [3.05, 3.63) is 70.2 Å². The third-order valence-corrected chi connectivity index (χ3v) is 3.42. The van der Waals surface area contributed by atoms with Gasteiger partial charge in [0.15, 0.2) is 16.9 Å². The predicted molar refractivity (Wildman–Crippen MR) is 94.1 cm³/mol. The Morgan fingerprint density at radius 2 is 1.83 bits per heavy atom. The maximum absolute atomic E-state index is 11.5. The lowest BCUT2D eigenvalue weighted by Crippen LogP contribution is -2.08. The van der Waals surface area contributed by atoms with Gasteiger partial charge in [0, 0.05) is 29.7 Å². The van der Waals surface area contributed by atoms with Gasteiger partial charge in [-0.1, -0.05) is 18.7 Å². The van der Waals surface area contributed by atoms with Crippen LogP contribution in [0.15, 0.2) is 47.8 Å². The van der Waals surface area contributed by atoms with Crippen LogP contribution in [0.2, 0.25) is 0 Å². The van der Waals surface area contributed by atoms with Crippen LogP contribution in [0.3, 0.4) is 0 Å². The van der Waals surface area contributed by atoms with Crippen LogP contribution in [0.25, 0.3) is 12.3 Å². The van der Waals surface area contributed by atoms with Crippen molar-refractivity contribution in [2.75, 3.05) is 13.7 Å². The Hall–Kier alpha value is -2.75. The summed E-state index contributed by atoms with van der Waals surface area (Å²) in [7, 11) is 1.61. The fourth-order valence-corrected chi connectivity index (χ4v) is 2.32. The van der Waals surface area contributed by atoms with Crippen LogP contribution in [-0.2, 0) is 0 Å². The Labute approximate surface area is 136 Å². The molecule has 0 fully saturated rings. The van der Waals surface area contributed by atoms with Crippen molar-refractivity contribution in [3.63, 3.8) is 0 Å². The van der Waals surface area contributed by atoms with Gasteiger partial charge in [-0.15, -0.1) is 0 Å². The van der Waals surface area contributed by atoms with Crippen molar-refractivity contribution in [1.82, 2.24) is 4.57 Å². The molecule has 0 aliphatic rings. The monoisotopic (exact) mass is 311 g/mol. The summed E-state index contributed by atoms with van der Waals surface area (Å²) in [6.07, 6.45) is 5.59. The Kier molecular flexibility index (Phi) is 5.41. The van der Waals surface area contributed by atoms with Crippen molar-refractivity contribution in [2.45, 2.75) is 13.8 Å². The third-order valence-electron chi connectivity index (χ3n) is 3.42. The number of nitrogens with zero attached hydrogens (tertiary/aromatic N) is 1. The van der Waals surface area contributed by atoms with Gasteiger partial charge < -0.3 is 14.0 Å². The van der Waals surface area contributed by atoms with Gasteiger partial charge in [0.25, 0.3) is 0 Å². The van der Waals surface area contributed by atoms with Crippen molar-refractivity contribution >= 4 is 12.3 Å². The molecule has 0 amide bonds. The van der Waals surface area contributed by atoms with E-state index in [-0.39, 0.29) is 5.43 Å². The third kappa shape index (κ3) is 4.13. The molecule has 23 heavy (non-hydrogen) atoms. The average Bonchev–Trinajstić information content (AvgIpc) is 2.52.